The quantitative estimate of drug-likeness (QED) is 0.821. The average molecular weight is 291 g/mol. The lowest BCUT2D eigenvalue weighted by atomic mass is 10.1. The molecule has 0 aromatic carbocycles. The van der Waals surface area contributed by atoms with Crippen LogP contribution in [0.1, 0.15) is 20.8 Å². The van der Waals surface area contributed by atoms with Gasteiger partial charge in [0.2, 0.25) is 0 Å². The highest BCUT2D eigenvalue weighted by atomic mass is 16.5. The van der Waals surface area contributed by atoms with Crippen molar-refractivity contribution in [2.75, 3.05) is 33.3 Å². The Kier molecular flexibility index (Phi) is 3.60. The molecule has 1 amide bonds. The van der Waals surface area contributed by atoms with Crippen molar-refractivity contribution in [1.29, 1.82) is 0 Å². The molecule has 21 heavy (non-hydrogen) atoms. The highest BCUT2D eigenvalue weighted by Gasteiger charge is 2.40. The van der Waals surface area contributed by atoms with Gasteiger partial charge in [-0.3, -0.25) is 9.69 Å². The van der Waals surface area contributed by atoms with Crippen LogP contribution in [0.25, 0.3) is 0 Å². The summed E-state index contributed by atoms with van der Waals surface area (Å²) in [6, 6.07) is 3.08. The molecule has 7 heteroatoms. The first kappa shape index (κ1) is 14.0. The van der Waals surface area contributed by atoms with Crippen molar-refractivity contribution in [1.82, 2.24) is 14.8 Å². The molecule has 1 aromatic heterocycles. The lowest BCUT2D eigenvalue weighted by Gasteiger charge is -2.33. The SMILES string of the molecule is CN1CCO[C@@H]2CN(C(=O)c3ccc(C(=O)O)nc3)C[C@@H]21. The summed E-state index contributed by atoms with van der Waals surface area (Å²) in [5.74, 6) is -1.23. The van der Waals surface area contributed by atoms with E-state index in [0.29, 0.717) is 25.3 Å². The molecule has 0 unspecified atom stereocenters. The minimum absolute atomic E-state index is 0.0546. The number of likely N-dealkylation sites (N-methyl/N-ethyl adjacent to an activating group) is 1. The van der Waals surface area contributed by atoms with Crippen molar-refractivity contribution in [2.45, 2.75) is 12.1 Å². The molecule has 2 atom stereocenters. The third kappa shape index (κ3) is 2.62. The fourth-order valence-electron chi connectivity index (χ4n) is 2.85. The second-order valence-corrected chi connectivity index (χ2v) is 5.40. The van der Waals surface area contributed by atoms with Gasteiger partial charge in [0.15, 0.2) is 0 Å². The number of carboxylic acid groups (broad SMARTS) is 1. The molecule has 112 valence electrons. The van der Waals surface area contributed by atoms with E-state index >= 15 is 0 Å². The number of aromatic nitrogens is 1. The molecule has 3 rings (SSSR count). The van der Waals surface area contributed by atoms with Gasteiger partial charge in [0.25, 0.3) is 5.91 Å². The maximum absolute atomic E-state index is 12.4. The van der Waals surface area contributed by atoms with Crippen LogP contribution in [0.3, 0.4) is 0 Å². The number of morpholine rings is 1. The van der Waals surface area contributed by atoms with E-state index in [1.807, 2.05) is 7.05 Å². The molecule has 1 N–H and O–H groups in total. The van der Waals surface area contributed by atoms with Gasteiger partial charge in [0.1, 0.15) is 5.69 Å². The predicted octanol–water partition coefficient (Wildman–Crippen LogP) is -0.0652. The number of carbonyl (C=O) groups is 2. The minimum atomic E-state index is -1.10. The molecule has 0 radical (unpaired) electrons. The van der Waals surface area contributed by atoms with Gasteiger partial charge in [-0.2, -0.15) is 0 Å². The highest BCUT2D eigenvalue weighted by molar-refractivity contribution is 5.95. The summed E-state index contributed by atoms with van der Waals surface area (Å²) in [5, 5.41) is 8.82. The molecule has 2 aliphatic rings. The van der Waals surface area contributed by atoms with Crippen molar-refractivity contribution >= 4 is 11.9 Å². The molecule has 0 aliphatic carbocycles. The van der Waals surface area contributed by atoms with Crippen molar-refractivity contribution in [2.24, 2.45) is 0 Å². The Hall–Kier alpha value is -1.99. The van der Waals surface area contributed by atoms with Crippen LogP contribution in [-0.2, 0) is 4.74 Å². The molecule has 3 heterocycles. The molecule has 2 aliphatic heterocycles. The van der Waals surface area contributed by atoms with E-state index in [9.17, 15) is 9.59 Å². The summed E-state index contributed by atoms with van der Waals surface area (Å²) < 4.78 is 5.71. The van der Waals surface area contributed by atoms with Gasteiger partial charge >= 0.3 is 5.97 Å². The van der Waals surface area contributed by atoms with Crippen LogP contribution in [-0.4, -0.2) is 77.2 Å². The zero-order valence-corrected chi connectivity index (χ0v) is 11.7. The number of fused-ring (bicyclic) bond motifs is 1. The van der Waals surface area contributed by atoms with Crippen molar-refractivity contribution in [3.63, 3.8) is 0 Å². The zero-order valence-electron chi connectivity index (χ0n) is 11.7. The number of aromatic carboxylic acids is 1. The largest absolute Gasteiger partial charge is 0.477 e. The molecule has 0 spiro atoms. The van der Waals surface area contributed by atoms with Crippen molar-refractivity contribution in [3.8, 4) is 0 Å². The first-order valence-electron chi connectivity index (χ1n) is 6.86. The minimum Gasteiger partial charge on any atom is -0.477 e. The number of nitrogens with zero attached hydrogens (tertiary/aromatic N) is 3. The number of likely N-dealkylation sites (tertiary alicyclic amines) is 1. The Morgan fingerprint density at radius 3 is 2.81 bits per heavy atom. The third-order valence-corrected chi connectivity index (χ3v) is 4.10. The number of hydrogen-bond donors (Lipinski definition) is 1. The second-order valence-electron chi connectivity index (χ2n) is 5.40. The fourth-order valence-corrected chi connectivity index (χ4v) is 2.85. The number of carboxylic acids is 1. The summed E-state index contributed by atoms with van der Waals surface area (Å²) in [5.41, 5.74) is 0.339. The van der Waals surface area contributed by atoms with Gasteiger partial charge in [-0.15, -0.1) is 0 Å². The molecular formula is C14H17N3O4. The van der Waals surface area contributed by atoms with E-state index < -0.39 is 5.97 Å². The Labute approximate surface area is 122 Å². The third-order valence-electron chi connectivity index (χ3n) is 4.10. The van der Waals surface area contributed by atoms with Crippen LogP contribution in [0.15, 0.2) is 18.3 Å². The van der Waals surface area contributed by atoms with Gasteiger partial charge < -0.3 is 14.7 Å². The number of pyridine rings is 1. The summed E-state index contributed by atoms with van der Waals surface area (Å²) in [7, 11) is 2.04. The monoisotopic (exact) mass is 291 g/mol. The van der Waals surface area contributed by atoms with Gasteiger partial charge in [0.05, 0.1) is 24.3 Å². The lowest BCUT2D eigenvalue weighted by molar-refractivity contribution is -0.0368. The van der Waals surface area contributed by atoms with E-state index in [1.165, 1.54) is 18.3 Å². The lowest BCUT2D eigenvalue weighted by Crippen LogP contribution is -2.48. The molecule has 2 saturated heterocycles. The topological polar surface area (TPSA) is 83.0 Å². The highest BCUT2D eigenvalue weighted by Crippen LogP contribution is 2.23. The van der Waals surface area contributed by atoms with E-state index in [-0.39, 0.29) is 23.7 Å². The zero-order chi connectivity index (χ0) is 15.0. The normalized spacial score (nSPS) is 25.7. The summed E-state index contributed by atoms with van der Waals surface area (Å²) in [6.07, 6.45) is 1.37. The van der Waals surface area contributed by atoms with Crippen LogP contribution in [0.5, 0.6) is 0 Å². The van der Waals surface area contributed by atoms with Crippen molar-refractivity contribution in [3.05, 3.63) is 29.6 Å². The molecule has 2 fully saturated rings. The van der Waals surface area contributed by atoms with Crippen LogP contribution < -0.4 is 0 Å². The molecular weight excluding hydrogens is 274 g/mol. The van der Waals surface area contributed by atoms with Crippen LogP contribution in [0, 0.1) is 0 Å². The predicted molar refractivity (Wildman–Crippen MR) is 73.3 cm³/mol. The van der Waals surface area contributed by atoms with Crippen LogP contribution in [0.4, 0.5) is 0 Å². The summed E-state index contributed by atoms with van der Waals surface area (Å²) >= 11 is 0. The standard InChI is InChI=1S/C14H17N3O4/c1-16-4-5-21-12-8-17(7-11(12)16)13(18)9-2-3-10(14(19)20)15-6-9/h2-3,6,11-12H,4-5,7-8H2,1H3,(H,19,20)/t11-,12+/m0/s1. The van der Waals surface area contributed by atoms with Crippen LogP contribution in [0.2, 0.25) is 0 Å². The van der Waals surface area contributed by atoms with Gasteiger partial charge in [-0.05, 0) is 19.2 Å². The number of rotatable bonds is 2. The average Bonchev–Trinajstić information content (AvgIpc) is 2.92. The van der Waals surface area contributed by atoms with Crippen LogP contribution >= 0.6 is 0 Å². The first-order valence-corrected chi connectivity index (χ1v) is 6.86. The van der Waals surface area contributed by atoms with Gasteiger partial charge in [-0.25, -0.2) is 9.78 Å². The Bertz CT molecular complexity index is 560. The Morgan fingerprint density at radius 1 is 1.38 bits per heavy atom. The smallest absolute Gasteiger partial charge is 0.354 e. The summed E-state index contributed by atoms with van der Waals surface area (Å²) in [4.78, 5) is 31.0. The van der Waals surface area contributed by atoms with E-state index in [1.54, 1.807) is 4.90 Å². The number of hydrogen-bond acceptors (Lipinski definition) is 5. The van der Waals surface area contributed by atoms with Crippen molar-refractivity contribution < 1.29 is 19.4 Å². The number of amides is 1. The van der Waals surface area contributed by atoms with E-state index in [0.717, 1.165) is 6.54 Å². The second kappa shape index (κ2) is 5.42. The van der Waals surface area contributed by atoms with E-state index in [4.69, 9.17) is 9.84 Å². The molecule has 0 bridgehead atoms. The fraction of sp³-hybridized carbons (Fsp3) is 0.500. The Balaban J connectivity index is 1.72. The Morgan fingerprint density at radius 2 is 2.19 bits per heavy atom. The number of carbonyl (C=O) groups excluding carboxylic acids is 1. The van der Waals surface area contributed by atoms with Gasteiger partial charge in [0, 0.05) is 25.8 Å². The molecule has 0 saturated carbocycles. The maximum atomic E-state index is 12.4. The van der Waals surface area contributed by atoms with Gasteiger partial charge in [-0.1, -0.05) is 0 Å². The molecule has 1 aromatic rings. The van der Waals surface area contributed by atoms with E-state index in [2.05, 4.69) is 9.88 Å². The number of ether oxygens (including phenoxy) is 1. The summed E-state index contributed by atoms with van der Waals surface area (Å²) in [6.45, 7) is 2.75. The molecule has 7 nitrogen and oxygen atoms in total. The maximum Gasteiger partial charge on any atom is 0.354 e. The first-order chi connectivity index (χ1) is 10.1.